The molecule has 0 radical (unpaired) electrons. The fraction of sp³-hybridized carbons (Fsp3) is 1.00. The predicted octanol–water partition coefficient (Wildman–Crippen LogP) is 0.646. The first-order valence-corrected chi connectivity index (χ1v) is 3.26. The number of hydrogen-bond donors (Lipinski definition) is 0. The van der Waals surface area contributed by atoms with E-state index < -0.39 is 0 Å². The van der Waals surface area contributed by atoms with Gasteiger partial charge in [-0.2, -0.15) is 11.8 Å². The van der Waals surface area contributed by atoms with Crippen molar-refractivity contribution in [1.29, 1.82) is 0 Å². The van der Waals surface area contributed by atoms with Gasteiger partial charge < -0.3 is 12.6 Å². The average Bonchev–Trinajstić information content (AvgIpc) is 1.30. The van der Waals surface area contributed by atoms with E-state index in [2.05, 4.69) is 0 Å². The van der Waals surface area contributed by atoms with Crippen LogP contribution in [0.15, 0.2) is 0 Å². The molecule has 1 aliphatic heterocycles. The van der Waals surface area contributed by atoms with Gasteiger partial charge in [0.25, 0.3) is 0 Å². The second-order valence-electron chi connectivity index (χ2n) is 1.16. The quantitative estimate of drug-likeness (QED) is 0.522. The summed E-state index contributed by atoms with van der Waals surface area (Å²) in [5.41, 5.74) is 0. The van der Waals surface area contributed by atoms with Gasteiger partial charge in [0.15, 0.2) is 0 Å². The molecule has 0 amide bonds. The van der Waals surface area contributed by atoms with Crippen molar-refractivity contribution in [2.24, 2.45) is 0 Å². The topological polar surface area (TPSA) is 0 Å². The normalized spacial score (nSPS) is 21.5. The molecule has 0 nitrogen and oxygen atoms in total. The van der Waals surface area contributed by atoms with E-state index >= 15 is 0 Å². The van der Waals surface area contributed by atoms with E-state index in [4.69, 9.17) is 12.6 Å². The number of hydrogen-bond acceptors (Lipinski definition) is 2. The monoisotopic (exact) mass is 195 g/mol. The standard InChI is InChI=1S/C3H6S2.Zr/c4-3-1-5-2-3;/h3-4H,1-2H2;/p-1. The maximum atomic E-state index is 4.85. The van der Waals surface area contributed by atoms with Crippen molar-refractivity contribution in [3.05, 3.63) is 0 Å². The molecule has 0 atom stereocenters. The Balaban J connectivity index is 0.000000250. The number of thioether (sulfide) groups is 1. The van der Waals surface area contributed by atoms with Gasteiger partial charge in [-0.3, -0.25) is 0 Å². The maximum Gasteiger partial charge on any atom is 0 e. The Labute approximate surface area is 67.0 Å². The van der Waals surface area contributed by atoms with E-state index in [-0.39, 0.29) is 26.2 Å². The maximum absolute atomic E-state index is 4.85. The van der Waals surface area contributed by atoms with E-state index in [1.54, 1.807) is 0 Å². The molecular weight excluding hydrogens is 191 g/mol. The van der Waals surface area contributed by atoms with Crippen LogP contribution in [0.3, 0.4) is 0 Å². The first-order valence-electron chi connectivity index (χ1n) is 1.63. The van der Waals surface area contributed by atoms with E-state index in [0.29, 0.717) is 5.25 Å². The third-order valence-electron chi connectivity index (χ3n) is 0.607. The fourth-order valence-electron chi connectivity index (χ4n) is 0.214. The smallest absolute Gasteiger partial charge is 0 e. The molecule has 0 saturated carbocycles. The summed E-state index contributed by atoms with van der Waals surface area (Å²) >= 11 is 6.79. The van der Waals surface area contributed by atoms with Gasteiger partial charge in [0.2, 0.25) is 0 Å². The summed E-state index contributed by atoms with van der Waals surface area (Å²) in [6.45, 7) is 0. The van der Waals surface area contributed by atoms with Crippen LogP contribution < -0.4 is 0 Å². The van der Waals surface area contributed by atoms with Crippen LogP contribution in [0.5, 0.6) is 0 Å². The van der Waals surface area contributed by atoms with Crippen molar-refractivity contribution in [3.8, 4) is 0 Å². The zero-order valence-electron chi connectivity index (χ0n) is 3.31. The Kier molecular flexibility index (Phi) is 4.51. The van der Waals surface area contributed by atoms with Crippen LogP contribution in [0.4, 0.5) is 0 Å². The summed E-state index contributed by atoms with van der Waals surface area (Å²) in [5.74, 6) is 2.44. The molecule has 0 aromatic carbocycles. The molecule has 6 heavy (non-hydrogen) atoms. The van der Waals surface area contributed by atoms with Crippen LogP contribution in [-0.4, -0.2) is 16.8 Å². The Bertz CT molecular complexity index is 35.8. The van der Waals surface area contributed by atoms with Gasteiger partial charge in [0.05, 0.1) is 0 Å². The molecule has 1 fully saturated rings. The summed E-state index contributed by atoms with van der Waals surface area (Å²) in [6, 6.07) is 0. The molecule has 1 aliphatic rings. The van der Waals surface area contributed by atoms with Gasteiger partial charge in [-0.05, 0) is 11.5 Å². The van der Waals surface area contributed by atoms with Crippen molar-refractivity contribution in [3.63, 3.8) is 0 Å². The van der Waals surface area contributed by atoms with Crippen molar-refractivity contribution in [1.82, 2.24) is 0 Å². The van der Waals surface area contributed by atoms with Crippen molar-refractivity contribution >= 4 is 24.4 Å². The van der Waals surface area contributed by atoms with Gasteiger partial charge in [-0.15, -0.1) is 5.25 Å². The Hall–Kier alpha value is 1.58. The molecule has 0 aromatic rings. The minimum atomic E-state index is 0. The van der Waals surface area contributed by atoms with E-state index in [1.807, 2.05) is 11.8 Å². The third kappa shape index (κ3) is 2.04. The zero-order valence-corrected chi connectivity index (χ0v) is 7.40. The summed E-state index contributed by atoms with van der Waals surface area (Å²) in [7, 11) is 0. The molecule has 34 valence electrons. The van der Waals surface area contributed by atoms with Gasteiger partial charge >= 0.3 is 0 Å². The van der Waals surface area contributed by atoms with E-state index in [1.165, 1.54) is 11.5 Å². The van der Waals surface area contributed by atoms with Crippen LogP contribution >= 0.6 is 11.8 Å². The minimum Gasteiger partial charge on any atom is -0.788 e. The molecule has 0 unspecified atom stereocenters. The Morgan fingerprint density at radius 2 is 1.83 bits per heavy atom. The summed E-state index contributed by atoms with van der Waals surface area (Å²) in [6.07, 6.45) is 0. The molecule has 0 bridgehead atoms. The van der Waals surface area contributed by atoms with Crippen molar-refractivity contribution in [2.45, 2.75) is 5.25 Å². The Morgan fingerprint density at radius 1 is 1.50 bits per heavy atom. The molecule has 0 aliphatic carbocycles. The van der Waals surface area contributed by atoms with E-state index in [9.17, 15) is 0 Å². The first-order chi connectivity index (χ1) is 2.39. The number of rotatable bonds is 0. The fourth-order valence-corrected chi connectivity index (χ4v) is 1.22. The van der Waals surface area contributed by atoms with Crippen molar-refractivity contribution < 1.29 is 26.2 Å². The molecule has 1 heterocycles. The van der Waals surface area contributed by atoms with Crippen LogP contribution in [0.2, 0.25) is 0 Å². The first kappa shape index (κ1) is 7.58. The van der Waals surface area contributed by atoms with Gasteiger partial charge in [-0.25, -0.2) is 0 Å². The summed E-state index contributed by atoms with van der Waals surface area (Å²) in [5, 5.41) is 0.611. The minimum absolute atomic E-state index is 0. The van der Waals surface area contributed by atoms with Crippen LogP contribution in [0, 0.1) is 0 Å². The molecular formula is C3H5S2Zr-. The third-order valence-corrected chi connectivity index (χ3v) is 2.64. The van der Waals surface area contributed by atoms with Gasteiger partial charge in [0, 0.05) is 26.2 Å². The second-order valence-corrected chi connectivity index (χ2v) is 2.90. The van der Waals surface area contributed by atoms with Crippen LogP contribution in [0.25, 0.3) is 0 Å². The summed E-state index contributed by atoms with van der Waals surface area (Å²) < 4.78 is 0. The van der Waals surface area contributed by atoms with E-state index in [0.717, 1.165) is 0 Å². The largest absolute Gasteiger partial charge is 0.788 e. The van der Waals surface area contributed by atoms with Gasteiger partial charge in [0.1, 0.15) is 0 Å². The molecule has 0 spiro atoms. The Morgan fingerprint density at radius 3 is 1.83 bits per heavy atom. The average molecular weight is 196 g/mol. The van der Waals surface area contributed by atoms with Crippen LogP contribution in [-0.2, 0) is 38.8 Å². The predicted molar refractivity (Wildman–Crippen MR) is 28.5 cm³/mol. The summed E-state index contributed by atoms with van der Waals surface area (Å²) in [4.78, 5) is 0. The molecule has 3 heteroatoms. The molecule has 1 rings (SSSR count). The molecule has 0 aromatic heterocycles. The molecule has 0 N–H and O–H groups in total. The van der Waals surface area contributed by atoms with Crippen molar-refractivity contribution in [2.75, 3.05) is 11.5 Å². The zero-order chi connectivity index (χ0) is 3.70. The van der Waals surface area contributed by atoms with Crippen LogP contribution in [0.1, 0.15) is 0 Å². The van der Waals surface area contributed by atoms with Gasteiger partial charge in [-0.1, -0.05) is 0 Å². The SMILES string of the molecule is [S-]C1CSC1.[Zr]. The second kappa shape index (κ2) is 3.57. The molecule has 1 saturated heterocycles.